The molecule has 1 aromatic rings. The Morgan fingerprint density at radius 3 is 2.18 bits per heavy atom. The van der Waals surface area contributed by atoms with Crippen molar-refractivity contribution >= 4 is 21.8 Å². The van der Waals surface area contributed by atoms with Gasteiger partial charge in [0.2, 0.25) is 15.9 Å². The molecular formula is C20H31N3O4S. The first-order valence-corrected chi connectivity index (χ1v) is 11.3. The second-order valence-electron chi connectivity index (χ2n) is 7.44. The molecule has 1 fully saturated rings. The molecule has 7 nitrogen and oxygen atoms in total. The van der Waals surface area contributed by atoms with Crippen molar-refractivity contribution in [3.63, 3.8) is 0 Å². The van der Waals surface area contributed by atoms with Crippen LogP contribution in [0.2, 0.25) is 0 Å². The van der Waals surface area contributed by atoms with Crippen LogP contribution < -0.4 is 5.32 Å². The van der Waals surface area contributed by atoms with Gasteiger partial charge in [-0.1, -0.05) is 12.8 Å². The highest BCUT2D eigenvalue weighted by Gasteiger charge is 2.23. The van der Waals surface area contributed by atoms with Gasteiger partial charge in [-0.15, -0.1) is 0 Å². The molecule has 0 bridgehead atoms. The van der Waals surface area contributed by atoms with E-state index in [1.165, 1.54) is 48.5 Å². The number of carbonyl (C=O) groups is 2. The van der Waals surface area contributed by atoms with Crippen molar-refractivity contribution in [1.82, 2.24) is 14.5 Å². The fourth-order valence-electron chi connectivity index (χ4n) is 3.09. The predicted octanol–water partition coefficient (Wildman–Crippen LogP) is 2.24. The summed E-state index contributed by atoms with van der Waals surface area (Å²) < 4.78 is 26.2. The van der Waals surface area contributed by atoms with Gasteiger partial charge in [0, 0.05) is 44.7 Å². The molecule has 0 saturated carbocycles. The first kappa shape index (κ1) is 22.4. The lowest BCUT2D eigenvalue weighted by molar-refractivity contribution is -0.131. The van der Waals surface area contributed by atoms with E-state index in [1.807, 2.05) is 4.90 Å². The number of nitrogens with one attached hydrogen (secondary N) is 1. The highest BCUT2D eigenvalue weighted by Crippen LogP contribution is 2.17. The summed E-state index contributed by atoms with van der Waals surface area (Å²) >= 11 is 0. The molecule has 8 heteroatoms. The Morgan fingerprint density at radius 2 is 1.64 bits per heavy atom. The Labute approximate surface area is 168 Å². The van der Waals surface area contributed by atoms with Gasteiger partial charge in [0.05, 0.1) is 4.90 Å². The number of likely N-dealkylation sites (tertiary alicyclic amines) is 1. The number of sulfonamides is 1. The standard InChI is InChI=1S/C20H31N3O4S/c1-16(2)22(3)28(26,27)18-10-8-17(9-11-18)20(25)21-13-12-19(24)23-14-6-4-5-7-15-23/h8-11,16H,4-7,12-15H2,1-3H3,(H,21,25). The highest BCUT2D eigenvalue weighted by atomic mass is 32.2. The maximum Gasteiger partial charge on any atom is 0.251 e. The second-order valence-corrected chi connectivity index (χ2v) is 9.44. The van der Waals surface area contributed by atoms with Gasteiger partial charge in [-0.05, 0) is 51.0 Å². The molecule has 1 aromatic carbocycles. The van der Waals surface area contributed by atoms with Crippen molar-refractivity contribution in [2.75, 3.05) is 26.7 Å². The summed E-state index contributed by atoms with van der Waals surface area (Å²) in [5, 5.41) is 2.74. The molecule has 156 valence electrons. The average molecular weight is 410 g/mol. The predicted molar refractivity (Wildman–Crippen MR) is 109 cm³/mol. The fourth-order valence-corrected chi connectivity index (χ4v) is 4.45. The van der Waals surface area contributed by atoms with Gasteiger partial charge in [0.1, 0.15) is 0 Å². The molecule has 0 spiro atoms. The Morgan fingerprint density at radius 1 is 1.07 bits per heavy atom. The number of amides is 2. The normalized spacial score (nSPS) is 15.5. The van der Waals surface area contributed by atoms with Crippen LogP contribution in [0.1, 0.15) is 56.3 Å². The minimum atomic E-state index is -3.57. The zero-order chi connectivity index (χ0) is 20.7. The van der Waals surface area contributed by atoms with Crippen molar-refractivity contribution < 1.29 is 18.0 Å². The van der Waals surface area contributed by atoms with Gasteiger partial charge in [-0.3, -0.25) is 9.59 Å². The molecule has 0 aromatic heterocycles. The molecule has 1 aliphatic heterocycles. The summed E-state index contributed by atoms with van der Waals surface area (Å²) in [6.07, 6.45) is 4.69. The number of rotatable bonds is 7. The van der Waals surface area contributed by atoms with Crippen LogP contribution in [0, 0.1) is 0 Å². The lowest BCUT2D eigenvalue weighted by atomic mass is 10.2. The third-order valence-corrected chi connectivity index (χ3v) is 7.15. The van der Waals surface area contributed by atoms with E-state index in [4.69, 9.17) is 0 Å². The zero-order valence-corrected chi connectivity index (χ0v) is 17.8. The van der Waals surface area contributed by atoms with Crippen molar-refractivity contribution in [2.24, 2.45) is 0 Å². The van der Waals surface area contributed by atoms with E-state index in [0.29, 0.717) is 5.56 Å². The summed E-state index contributed by atoms with van der Waals surface area (Å²) in [4.78, 5) is 26.5. The van der Waals surface area contributed by atoms with Gasteiger partial charge < -0.3 is 10.2 Å². The average Bonchev–Trinajstić information content (AvgIpc) is 2.96. The van der Waals surface area contributed by atoms with Gasteiger partial charge in [0.15, 0.2) is 0 Å². The molecule has 0 aliphatic carbocycles. The van der Waals surface area contributed by atoms with Crippen LogP contribution in [0.15, 0.2) is 29.2 Å². The molecule has 1 saturated heterocycles. The summed E-state index contributed by atoms with van der Waals surface area (Å²) in [6.45, 7) is 5.46. The lowest BCUT2D eigenvalue weighted by Crippen LogP contribution is -2.35. The third kappa shape index (κ3) is 5.78. The molecule has 1 N–H and O–H groups in total. The molecule has 28 heavy (non-hydrogen) atoms. The fraction of sp³-hybridized carbons (Fsp3) is 0.600. The van der Waals surface area contributed by atoms with Crippen molar-refractivity contribution in [3.05, 3.63) is 29.8 Å². The van der Waals surface area contributed by atoms with E-state index in [1.54, 1.807) is 13.8 Å². The van der Waals surface area contributed by atoms with Gasteiger partial charge in [-0.25, -0.2) is 8.42 Å². The Bertz CT molecular complexity index is 767. The van der Waals surface area contributed by atoms with Crippen LogP contribution in [0.3, 0.4) is 0 Å². The Hall–Kier alpha value is -1.93. The first-order chi connectivity index (χ1) is 13.2. The molecule has 0 atom stereocenters. The van der Waals surface area contributed by atoms with E-state index in [-0.39, 0.29) is 35.7 Å². The highest BCUT2D eigenvalue weighted by molar-refractivity contribution is 7.89. The molecular weight excluding hydrogens is 378 g/mol. The van der Waals surface area contributed by atoms with E-state index >= 15 is 0 Å². The molecule has 0 unspecified atom stereocenters. The van der Waals surface area contributed by atoms with E-state index in [0.717, 1.165) is 25.9 Å². The number of hydrogen-bond donors (Lipinski definition) is 1. The van der Waals surface area contributed by atoms with Gasteiger partial charge >= 0.3 is 0 Å². The number of carbonyl (C=O) groups excluding carboxylic acids is 2. The minimum absolute atomic E-state index is 0.0698. The van der Waals surface area contributed by atoms with Gasteiger partial charge in [-0.2, -0.15) is 4.31 Å². The quantitative estimate of drug-likeness (QED) is 0.748. The van der Waals surface area contributed by atoms with Crippen molar-refractivity contribution in [2.45, 2.75) is 56.9 Å². The Kier molecular flexibility index (Phi) is 8.00. The van der Waals surface area contributed by atoms with E-state index in [9.17, 15) is 18.0 Å². The SMILES string of the molecule is CC(C)N(C)S(=O)(=O)c1ccc(C(=O)NCCC(=O)N2CCCCCC2)cc1. The van der Waals surface area contributed by atoms with Crippen LogP contribution in [0.25, 0.3) is 0 Å². The van der Waals surface area contributed by atoms with E-state index < -0.39 is 10.0 Å². The largest absolute Gasteiger partial charge is 0.352 e. The van der Waals surface area contributed by atoms with Crippen molar-refractivity contribution in [3.8, 4) is 0 Å². The van der Waals surface area contributed by atoms with Crippen LogP contribution in [-0.2, 0) is 14.8 Å². The first-order valence-electron chi connectivity index (χ1n) is 9.87. The van der Waals surface area contributed by atoms with Crippen LogP contribution in [-0.4, -0.2) is 62.2 Å². The summed E-state index contributed by atoms with van der Waals surface area (Å²) in [5.41, 5.74) is 0.369. The van der Waals surface area contributed by atoms with Crippen molar-refractivity contribution in [1.29, 1.82) is 0 Å². The second kappa shape index (κ2) is 10.0. The molecule has 1 heterocycles. The lowest BCUT2D eigenvalue weighted by Gasteiger charge is -2.21. The summed E-state index contributed by atoms with van der Waals surface area (Å²) in [7, 11) is -2.04. The Balaban J connectivity index is 1.88. The van der Waals surface area contributed by atoms with Gasteiger partial charge in [0.25, 0.3) is 5.91 Å². The molecule has 1 aliphatic rings. The summed E-state index contributed by atoms with van der Waals surface area (Å²) in [6, 6.07) is 5.70. The topological polar surface area (TPSA) is 86.8 Å². The smallest absolute Gasteiger partial charge is 0.251 e. The number of nitrogens with zero attached hydrogens (tertiary/aromatic N) is 2. The summed E-state index contributed by atoms with van der Waals surface area (Å²) in [5.74, 6) is -0.245. The molecule has 2 amide bonds. The van der Waals surface area contributed by atoms with Crippen LogP contribution in [0.4, 0.5) is 0 Å². The minimum Gasteiger partial charge on any atom is -0.352 e. The maximum atomic E-state index is 12.5. The molecule has 2 rings (SSSR count). The maximum absolute atomic E-state index is 12.5. The number of hydrogen-bond acceptors (Lipinski definition) is 4. The van der Waals surface area contributed by atoms with Crippen LogP contribution >= 0.6 is 0 Å². The third-order valence-electron chi connectivity index (χ3n) is 5.10. The van der Waals surface area contributed by atoms with Crippen LogP contribution in [0.5, 0.6) is 0 Å². The zero-order valence-electron chi connectivity index (χ0n) is 17.0. The molecule has 0 radical (unpaired) electrons. The monoisotopic (exact) mass is 409 g/mol. The van der Waals surface area contributed by atoms with E-state index in [2.05, 4.69) is 5.32 Å². The number of benzene rings is 1.